The summed E-state index contributed by atoms with van der Waals surface area (Å²) in [6.45, 7) is -1.27. The smallest absolute Gasteiger partial charge is 0.413 e. The Morgan fingerprint density at radius 3 is 2.31 bits per heavy atom. The van der Waals surface area contributed by atoms with Crippen LogP contribution in [0.15, 0.2) is 48.5 Å². The number of hydrogen-bond donors (Lipinski definition) is 3. The second-order valence-corrected chi connectivity index (χ2v) is 10.8. The molecule has 2 aliphatic rings. The minimum atomic E-state index is -1.92. The Hall–Kier alpha value is -5.67. The lowest BCUT2D eigenvalue weighted by molar-refractivity contribution is -0.140. The number of rotatable bonds is 11. The molecule has 252 valence electrons. The number of carbonyl (C=O) groups is 5. The van der Waals surface area contributed by atoms with Crippen molar-refractivity contribution in [3.63, 3.8) is 0 Å². The predicted molar refractivity (Wildman–Crippen MR) is 157 cm³/mol. The molecule has 0 fully saturated rings. The Morgan fingerprint density at radius 2 is 1.65 bits per heavy atom. The van der Waals surface area contributed by atoms with Crippen molar-refractivity contribution in [3.05, 3.63) is 82.9 Å². The van der Waals surface area contributed by atoms with Crippen molar-refractivity contribution in [2.24, 2.45) is 0 Å². The van der Waals surface area contributed by atoms with Crippen molar-refractivity contribution in [1.29, 1.82) is 0 Å². The van der Waals surface area contributed by atoms with Gasteiger partial charge in [0.05, 0.1) is 19.2 Å². The van der Waals surface area contributed by atoms with Gasteiger partial charge in [-0.25, -0.2) is 13.6 Å². The van der Waals surface area contributed by atoms with Crippen molar-refractivity contribution < 1.29 is 60.9 Å². The third-order valence-corrected chi connectivity index (χ3v) is 7.79. The van der Waals surface area contributed by atoms with Crippen LogP contribution in [0.1, 0.15) is 24.0 Å². The average Bonchev–Trinajstić information content (AvgIpc) is 3.39. The van der Waals surface area contributed by atoms with Gasteiger partial charge in [-0.15, -0.1) is 0 Å². The van der Waals surface area contributed by atoms with E-state index in [1.165, 1.54) is 18.1 Å². The van der Waals surface area contributed by atoms with E-state index in [4.69, 9.17) is 9.47 Å². The first-order valence-electron chi connectivity index (χ1n) is 14.5. The second kappa shape index (κ2) is 14.0. The van der Waals surface area contributed by atoms with E-state index in [-0.39, 0.29) is 30.4 Å². The number of benzene rings is 3. The van der Waals surface area contributed by atoms with Crippen LogP contribution in [0.3, 0.4) is 0 Å². The number of nitrogens with zero attached hydrogens (tertiary/aromatic N) is 1. The lowest BCUT2D eigenvalue weighted by Crippen LogP contribution is -2.57. The summed E-state index contributed by atoms with van der Waals surface area (Å²) in [5.41, 5.74) is 1.71. The van der Waals surface area contributed by atoms with Crippen LogP contribution in [0.2, 0.25) is 0 Å². The van der Waals surface area contributed by atoms with Crippen LogP contribution in [0, 0.1) is 23.3 Å². The highest BCUT2D eigenvalue weighted by Gasteiger charge is 2.45. The molecule has 0 saturated carbocycles. The number of ketones is 1. The SMILES string of the molecule is COc1ccccc1OC(=O)NC1CCc2cccc3c2N(C1=O)C(C(=O)NC(CC(=O)O)C(=O)COc1c(F)c(F)cc(F)c1F)C3. The molecule has 0 radical (unpaired) electrons. The fraction of sp³-hybridized carbons (Fsp3) is 0.281. The number of aryl methyl sites for hydroxylation is 1. The van der Waals surface area contributed by atoms with E-state index in [1.807, 2.05) is 0 Å². The molecule has 3 aromatic rings. The number of para-hydroxylation sites is 3. The maximum absolute atomic E-state index is 14.0. The third kappa shape index (κ3) is 6.86. The minimum Gasteiger partial charge on any atom is -0.493 e. The number of nitrogens with one attached hydrogen (secondary N) is 2. The normalized spacial score (nSPS) is 17.1. The molecule has 2 aliphatic heterocycles. The third-order valence-electron chi connectivity index (χ3n) is 7.79. The highest BCUT2D eigenvalue weighted by Crippen LogP contribution is 2.39. The quantitative estimate of drug-likeness (QED) is 0.205. The zero-order chi connectivity index (χ0) is 34.7. The molecule has 3 N–H and O–H groups in total. The van der Waals surface area contributed by atoms with Crippen molar-refractivity contribution >= 4 is 35.3 Å². The molecule has 0 aromatic heterocycles. The number of methoxy groups -OCH3 is 1. The molecule has 0 aliphatic carbocycles. The summed E-state index contributed by atoms with van der Waals surface area (Å²) in [5, 5.41) is 14.2. The van der Waals surface area contributed by atoms with Gasteiger partial charge in [-0.2, -0.15) is 8.78 Å². The first-order valence-corrected chi connectivity index (χ1v) is 14.5. The van der Waals surface area contributed by atoms with E-state index in [0.717, 1.165) is 0 Å². The average molecular weight is 674 g/mol. The van der Waals surface area contributed by atoms with Gasteiger partial charge in [0, 0.05) is 12.5 Å². The maximum atomic E-state index is 14.0. The summed E-state index contributed by atoms with van der Waals surface area (Å²) in [6, 6.07) is 7.11. The van der Waals surface area contributed by atoms with Crippen LogP contribution in [-0.4, -0.2) is 66.6 Å². The van der Waals surface area contributed by atoms with E-state index >= 15 is 0 Å². The fourth-order valence-electron chi connectivity index (χ4n) is 5.56. The van der Waals surface area contributed by atoms with E-state index in [2.05, 4.69) is 15.4 Å². The molecule has 12 nitrogen and oxygen atoms in total. The number of hydrogen-bond acceptors (Lipinski definition) is 8. The van der Waals surface area contributed by atoms with Gasteiger partial charge in [0.2, 0.25) is 23.4 Å². The Bertz CT molecular complexity index is 1780. The van der Waals surface area contributed by atoms with Crippen molar-refractivity contribution in [1.82, 2.24) is 10.6 Å². The molecule has 3 unspecified atom stereocenters. The Morgan fingerprint density at radius 1 is 0.979 bits per heavy atom. The van der Waals surface area contributed by atoms with Gasteiger partial charge in [0.15, 0.2) is 34.7 Å². The van der Waals surface area contributed by atoms with Crippen LogP contribution in [0.5, 0.6) is 17.2 Å². The molecule has 5 rings (SSSR count). The van der Waals surface area contributed by atoms with E-state index < -0.39 is 89.8 Å². The predicted octanol–water partition coefficient (Wildman–Crippen LogP) is 3.22. The number of aliphatic carboxylic acids is 1. The molecule has 3 atom stereocenters. The number of anilines is 1. The summed E-state index contributed by atoms with van der Waals surface area (Å²) in [5.74, 6) is -13.0. The van der Waals surface area contributed by atoms with Gasteiger partial charge in [-0.3, -0.25) is 24.1 Å². The van der Waals surface area contributed by atoms with Gasteiger partial charge in [0.25, 0.3) is 0 Å². The summed E-state index contributed by atoms with van der Waals surface area (Å²) < 4.78 is 70.4. The molecule has 0 saturated heterocycles. The van der Waals surface area contributed by atoms with E-state index in [0.29, 0.717) is 23.2 Å². The van der Waals surface area contributed by atoms with Gasteiger partial charge in [-0.1, -0.05) is 30.3 Å². The molecule has 48 heavy (non-hydrogen) atoms. The number of ether oxygens (including phenoxy) is 3. The van der Waals surface area contributed by atoms with Crippen LogP contribution in [0.4, 0.5) is 28.0 Å². The lowest BCUT2D eigenvalue weighted by Gasteiger charge is -2.28. The Kier molecular flexibility index (Phi) is 9.82. The topological polar surface area (TPSA) is 161 Å². The maximum Gasteiger partial charge on any atom is 0.413 e. The molecule has 0 bridgehead atoms. The summed E-state index contributed by atoms with van der Waals surface area (Å²) in [4.78, 5) is 66.1. The molecule has 2 heterocycles. The molecule has 3 aromatic carbocycles. The van der Waals surface area contributed by atoms with Gasteiger partial charge < -0.3 is 30.0 Å². The number of carboxylic acid groups (broad SMARTS) is 1. The van der Waals surface area contributed by atoms with Gasteiger partial charge in [0.1, 0.15) is 24.7 Å². The van der Waals surface area contributed by atoms with Crippen LogP contribution < -0.4 is 29.7 Å². The van der Waals surface area contributed by atoms with Crippen LogP contribution in [-0.2, 0) is 32.0 Å². The zero-order valence-corrected chi connectivity index (χ0v) is 25.1. The standard InChI is InChI=1S/C32H27F4N3O9/c1-46-23-7-2-3-8-24(23)48-32(45)38-19-10-9-15-5-4-6-16-11-21(39(28(15)16)31(19)44)30(43)37-20(13-25(41)42)22(40)14-47-29-26(35)17(33)12-18(34)27(29)36/h2-8,12,19-21H,9-11,13-14H2,1H3,(H,37,43)(H,38,45)(H,41,42). The van der Waals surface area contributed by atoms with Crippen LogP contribution >= 0.6 is 0 Å². The fourth-order valence-corrected chi connectivity index (χ4v) is 5.56. The monoisotopic (exact) mass is 673 g/mol. The van der Waals surface area contributed by atoms with Gasteiger partial charge in [-0.05, 0) is 36.1 Å². The second-order valence-electron chi connectivity index (χ2n) is 10.8. The summed E-state index contributed by atoms with van der Waals surface area (Å²) in [6.07, 6.45) is -1.56. The number of carbonyl (C=O) groups excluding carboxylic acids is 4. The molecular formula is C32H27F4N3O9. The largest absolute Gasteiger partial charge is 0.493 e. The lowest BCUT2D eigenvalue weighted by atomic mass is 10.0. The number of halogens is 4. The number of amides is 3. The molecular weight excluding hydrogens is 646 g/mol. The van der Waals surface area contributed by atoms with Crippen LogP contribution in [0.25, 0.3) is 0 Å². The summed E-state index contributed by atoms with van der Waals surface area (Å²) in [7, 11) is 1.38. The van der Waals surface area contributed by atoms with Crippen molar-refractivity contribution in [2.45, 2.75) is 43.8 Å². The number of Topliss-reactive ketones (excluding diaryl/α,β-unsaturated/α-hetero) is 1. The molecule has 16 heteroatoms. The highest BCUT2D eigenvalue weighted by molar-refractivity contribution is 6.08. The van der Waals surface area contributed by atoms with Crippen molar-refractivity contribution in [2.75, 3.05) is 18.6 Å². The Balaban J connectivity index is 1.34. The van der Waals surface area contributed by atoms with E-state index in [9.17, 15) is 46.6 Å². The zero-order valence-electron chi connectivity index (χ0n) is 25.1. The first kappa shape index (κ1) is 33.7. The molecule has 0 spiro atoms. The Labute approximate surface area is 269 Å². The first-order chi connectivity index (χ1) is 22.9. The molecule has 3 amide bonds. The van der Waals surface area contributed by atoms with Crippen molar-refractivity contribution in [3.8, 4) is 17.2 Å². The minimum absolute atomic E-state index is 0.0391. The highest BCUT2D eigenvalue weighted by atomic mass is 19.2. The summed E-state index contributed by atoms with van der Waals surface area (Å²) >= 11 is 0. The van der Waals surface area contributed by atoms with E-state index in [1.54, 1.807) is 36.4 Å². The number of carboxylic acids is 1. The van der Waals surface area contributed by atoms with Gasteiger partial charge >= 0.3 is 12.1 Å².